The van der Waals surface area contributed by atoms with Gasteiger partial charge in [0.15, 0.2) is 0 Å². The second-order valence-corrected chi connectivity index (χ2v) is 5.73. The molecule has 0 unspecified atom stereocenters. The van der Waals surface area contributed by atoms with Crippen LogP contribution in [-0.4, -0.2) is 35.2 Å². The number of aliphatic hydroxyl groups excluding tert-OH is 1. The maximum atomic E-state index is 10.2. The van der Waals surface area contributed by atoms with E-state index < -0.39 is 0 Å². The quantitative estimate of drug-likeness (QED) is 0.714. The van der Waals surface area contributed by atoms with Crippen molar-refractivity contribution < 1.29 is 5.11 Å². The standard InChI is InChI=1S/C13H23NO/c15-13-10-4-6-11(13)12(7-5-10)14-8-2-1-3-9-14/h10-13,15H,1-9H2/t10-,11+,12-,13+/m1/s1. The van der Waals surface area contributed by atoms with Crippen LogP contribution in [0.1, 0.15) is 44.9 Å². The van der Waals surface area contributed by atoms with E-state index in [2.05, 4.69) is 4.90 Å². The van der Waals surface area contributed by atoms with Crippen molar-refractivity contribution in [3.05, 3.63) is 0 Å². The molecule has 4 atom stereocenters. The smallest absolute Gasteiger partial charge is 0.0611 e. The Morgan fingerprint density at radius 3 is 2.40 bits per heavy atom. The number of rotatable bonds is 1. The van der Waals surface area contributed by atoms with Gasteiger partial charge in [-0.05, 0) is 57.5 Å². The Balaban J connectivity index is 1.69. The van der Waals surface area contributed by atoms with Crippen LogP contribution in [0.4, 0.5) is 0 Å². The number of aliphatic hydroxyl groups is 1. The van der Waals surface area contributed by atoms with E-state index in [-0.39, 0.29) is 6.10 Å². The topological polar surface area (TPSA) is 23.5 Å². The molecule has 3 fully saturated rings. The van der Waals surface area contributed by atoms with E-state index >= 15 is 0 Å². The maximum Gasteiger partial charge on any atom is 0.0611 e. The minimum atomic E-state index is 0.0330. The van der Waals surface area contributed by atoms with Crippen LogP contribution >= 0.6 is 0 Å². The first kappa shape index (κ1) is 10.1. The summed E-state index contributed by atoms with van der Waals surface area (Å²) in [4.78, 5) is 2.68. The van der Waals surface area contributed by atoms with Crippen LogP contribution in [0.3, 0.4) is 0 Å². The van der Waals surface area contributed by atoms with Crippen LogP contribution in [0.5, 0.6) is 0 Å². The molecule has 1 aliphatic heterocycles. The van der Waals surface area contributed by atoms with Crippen molar-refractivity contribution in [3.8, 4) is 0 Å². The number of hydrogen-bond donors (Lipinski definition) is 1. The largest absolute Gasteiger partial charge is 0.392 e. The molecule has 1 heterocycles. The van der Waals surface area contributed by atoms with Gasteiger partial charge in [0, 0.05) is 12.0 Å². The Kier molecular flexibility index (Phi) is 2.73. The Morgan fingerprint density at radius 2 is 1.60 bits per heavy atom. The fraction of sp³-hybridized carbons (Fsp3) is 1.00. The third-order valence-corrected chi connectivity index (χ3v) is 4.98. The third kappa shape index (κ3) is 1.72. The minimum Gasteiger partial charge on any atom is -0.392 e. The molecule has 3 aliphatic rings. The second kappa shape index (κ2) is 4.06. The van der Waals surface area contributed by atoms with Crippen molar-refractivity contribution in [2.75, 3.05) is 13.1 Å². The molecule has 0 amide bonds. The van der Waals surface area contributed by atoms with E-state index in [0.29, 0.717) is 11.8 Å². The monoisotopic (exact) mass is 209 g/mol. The maximum absolute atomic E-state index is 10.2. The summed E-state index contributed by atoms with van der Waals surface area (Å²) >= 11 is 0. The summed E-state index contributed by atoms with van der Waals surface area (Å²) in [6, 6.07) is 0.721. The van der Waals surface area contributed by atoms with Crippen LogP contribution < -0.4 is 0 Å². The molecule has 0 radical (unpaired) electrons. The zero-order valence-corrected chi connectivity index (χ0v) is 9.57. The highest BCUT2D eigenvalue weighted by molar-refractivity contribution is 4.97. The fourth-order valence-corrected chi connectivity index (χ4v) is 4.14. The van der Waals surface area contributed by atoms with E-state index in [0.717, 1.165) is 6.04 Å². The predicted molar refractivity (Wildman–Crippen MR) is 60.7 cm³/mol. The Bertz CT molecular complexity index is 225. The predicted octanol–water partition coefficient (Wildman–Crippen LogP) is 2.02. The first-order chi connectivity index (χ1) is 7.36. The van der Waals surface area contributed by atoms with Crippen molar-refractivity contribution in [1.29, 1.82) is 0 Å². The second-order valence-electron chi connectivity index (χ2n) is 5.73. The van der Waals surface area contributed by atoms with Crippen LogP contribution in [0.2, 0.25) is 0 Å². The molecular formula is C13H23NO. The molecule has 2 bridgehead atoms. The number of nitrogens with zero attached hydrogens (tertiary/aromatic N) is 1. The highest BCUT2D eigenvalue weighted by atomic mass is 16.3. The summed E-state index contributed by atoms with van der Waals surface area (Å²) < 4.78 is 0. The normalized spacial score (nSPS) is 47.0. The van der Waals surface area contributed by atoms with Gasteiger partial charge in [0.2, 0.25) is 0 Å². The summed E-state index contributed by atoms with van der Waals surface area (Å²) in [5.74, 6) is 1.26. The Hall–Kier alpha value is -0.0800. The average Bonchev–Trinajstić information content (AvgIpc) is 2.54. The van der Waals surface area contributed by atoms with E-state index in [4.69, 9.17) is 0 Å². The first-order valence-corrected chi connectivity index (χ1v) is 6.78. The van der Waals surface area contributed by atoms with Crippen LogP contribution in [0.15, 0.2) is 0 Å². The van der Waals surface area contributed by atoms with Crippen molar-refractivity contribution in [3.63, 3.8) is 0 Å². The van der Waals surface area contributed by atoms with Crippen LogP contribution in [0.25, 0.3) is 0 Å². The molecule has 1 N–H and O–H groups in total. The molecule has 2 saturated carbocycles. The molecule has 0 spiro atoms. The molecule has 0 aromatic carbocycles. The first-order valence-electron chi connectivity index (χ1n) is 6.78. The van der Waals surface area contributed by atoms with Gasteiger partial charge >= 0.3 is 0 Å². The fourth-order valence-electron chi connectivity index (χ4n) is 4.14. The highest BCUT2D eigenvalue weighted by Gasteiger charge is 2.45. The van der Waals surface area contributed by atoms with Gasteiger partial charge in [-0.25, -0.2) is 0 Å². The summed E-state index contributed by atoms with van der Waals surface area (Å²) in [7, 11) is 0. The lowest BCUT2D eigenvalue weighted by Crippen LogP contribution is -2.48. The van der Waals surface area contributed by atoms with Gasteiger partial charge in [0.05, 0.1) is 6.10 Å². The SMILES string of the molecule is O[C@H]1[C@@H]2CC[C@H]1[C@H](N1CCCCC1)CC2. The number of piperidine rings is 1. The van der Waals surface area contributed by atoms with Gasteiger partial charge in [-0.1, -0.05) is 6.42 Å². The van der Waals surface area contributed by atoms with Crippen molar-refractivity contribution >= 4 is 0 Å². The number of hydrogen-bond acceptors (Lipinski definition) is 2. The van der Waals surface area contributed by atoms with E-state index in [1.165, 1.54) is 58.0 Å². The zero-order valence-electron chi connectivity index (χ0n) is 9.57. The summed E-state index contributed by atoms with van der Waals surface area (Å²) in [5.41, 5.74) is 0. The van der Waals surface area contributed by atoms with Crippen molar-refractivity contribution in [2.45, 2.75) is 57.1 Å². The summed E-state index contributed by atoms with van der Waals surface area (Å²) in [5, 5.41) is 10.2. The Labute approximate surface area is 92.7 Å². The van der Waals surface area contributed by atoms with Gasteiger partial charge < -0.3 is 10.0 Å². The molecule has 0 aromatic rings. The highest BCUT2D eigenvalue weighted by Crippen LogP contribution is 2.44. The zero-order chi connectivity index (χ0) is 10.3. The van der Waals surface area contributed by atoms with E-state index in [1.54, 1.807) is 0 Å². The number of likely N-dealkylation sites (tertiary alicyclic amines) is 1. The minimum absolute atomic E-state index is 0.0330. The molecule has 0 aromatic heterocycles. The van der Waals surface area contributed by atoms with Crippen LogP contribution in [-0.2, 0) is 0 Å². The third-order valence-electron chi connectivity index (χ3n) is 4.98. The molecule has 2 heteroatoms. The lowest BCUT2D eigenvalue weighted by atomic mass is 9.81. The molecular weight excluding hydrogens is 186 g/mol. The van der Waals surface area contributed by atoms with Crippen molar-refractivity contribution in [1.82, 2.24) is 4.90 Å². The van der Waals surface area contributed by atoms with Crippen LogP contribution in [0, 0.1) is 11.8 Å². The molecule has 2 nitrogen and oxygen atoms in total. The molecule has 2 aliphatic carbocycles. The summed E-state index contributed by atoms with van der Waals surface area (Å²) in [6.45, 7) is 2.58. The van der Waals surface area contributed by atoms with Gasteiger partial charge in [0.1, 0.15) is 0 Å². The average molecular weight is 209 g/mol. The van der Waals surface area contributed by atoms with E-state index in [1.807, 2.05) is 0 Å². The van der Waals surface area contributed by atoms with Gasteiger partial charge in [-0.3, -0.25) is 0 Å². The lowest BCUT2D eigenvalue weighted by molar-refractivity contribution is -0.00651. The molecule has 3 rings (SSSR count). The lowest BCUT2D eigenvalue weighted by Gasteiger charge is -2.42. The molecule has 1 saturated heterocycles. The van der Waals surface area contributed by atoms with E-state index in [9.17, 15) is 5.11 Å². The van der Waals surface area contributed by atoms with Gasteiger partial charge in [0.25, 0.3) is 0 Å². The number of fused-ring (bicyclic) bond motifs is 2. The Morgan fingerprint density at radius 1 is 0.867 bits per heavy atom. The summed E-state index contributed by atoms with van der Waals surface area (Å²) in [6.07, 6.45) is 9.41. The molecule has 86 valence electrons. The molecule has 15 heavy (non-hydrogen) atoms. The van der Waals surface area contributed by atoms with Gasteiger partial charge in [-0.15, -0.1) is 0 Å². The van der Waals surface area contributed by atoms with Gasteiger partial charge in [-0.2, -0.15) is 0 Å². The van der Waals surface area contributed by atoms with Crippen molar-refractivity contribution in [2.24, 2.45) is 11.8 Å².